The number of thiazole rings is 2. The molecule has 0 N–H and O–H groups in total. The highest BCUT2D eigenvalue weighted by Gasteiger charge is 2.15. The van der Waals surface area contributed by atoms with Crippen molar-refractivity contribution >= 4 is 55.0 Å². The fourth-order valence-corrected chi connectivity index (χ4v) is 4.94. The maximum Gasteiger partial charge on any atom is 0.338 e. The lowest BCUT2D eigenvalue weighted by molar-refractivity contribution is 0.0526. The Morgan fingerprint density at radius 1 is 1.13 bits per heavy atom. The van der Waals surface area contributed by atoms with E-state index in [9.17, 15) is 9.59 Å². The quantitative estimate of drug-likeness (QED) is 0.424. The number of amides is 1. The molecule has 9 heteroatoms. The molecule has 0 saturated heterocycles. The van der Waals surface area contributed by atoms with Gasteiger partial charge in [-0.05, 0) is 37.3 Å². The molecule has 2 heterocycles. The second-order valence-electron chi connectivity index (χ2n) is 6.34. The minimum atomic E-state index is -0.389. The lowest BCUT2D eigenvalue weighted by Crippen LogP contribution is -2.19. The van der Waals surface area contributed by atoms with Gasteiger partial charge in [-0.3, -0.25) is 4.79 Å². The molecule has 154 valence electrons. The third kappa shape index (κ3) is 4.04. The number of nitrogens with zero attached hydrogens (tertiary/aromatic N) is 3. The molecule has 1 amide bonds. The molecule has 0 aliphatic heterocycles. The van der Waals surface area contributed by atoms with Crippen LogP contribution in [0.25, 0.3) is 20.4 Å². The zero-order valence-electron chi connectivity index (χ0n) is 16.5. The molecule has 4 aromatic rings. The predicted octanol–water partition coefficient (Wildman–Crippen LogP) is 3.88. The van der Waals surface area contributed by atoms with Gasteiger partial charge in [-0.2, -0.15) is 4.99 Å². The van der Waals surface area contributed by atoms with Crippen molar-refractivity contribution in [3.8, 4) is 0 Å². The number of carbonyl (C=O) groups excluding carboxylic acids is 2. The highest BCUT2D eigenvalue weighted by Crippen LogP contribution is 2.23. The molecule has 0 unspecified atom stereocenters. The van der Waals surface area contributed by atoms with Gasteiger partial charge in [0, 0.05) is 13.7 Å². The van der Waals surface area contributed by atoms with Crippen LogP contribution in [0.15, 0.2) is 47.5 Å². The normalized spacial score (nSPS) is 12.0. The molecule has 0 fully saturated rings. The van der Waals surface area contributed by atoms with Crippen LogP contribution >= 0.6 is 22.7 Å². The van der Waals surface area contributed by atoms with E-state index in [1.54, 1.807) is 26.2 Å². The standard InChI is InChI=1S/C21H19N3O4S2/c1-3-28-20(26)13-8-9-15-17(12-13)30-21(24(15)10-11-27-2)23-18(25)19-22-14-6-4-5-7-16(14)29-19/h4-9,12H,3,10-11H2,1-2H3. The van der Waals surface area contributed by atoms with Crippen LogP contribution in [-0.4, -0.2) is 41.8 Å². The summed E-state index contributed by atoms with van der Waals surface area (Å²) in [6, 6.07) is 12.9. The van der Waals surface area contributed by atoms with Gasteiger partial charge in [0.1, 0.15) is 0 Å². The average molecular weight is 442 g/mol. The lowest BCUT2D eigenvalue weighted by atomic mass is 10.2. The van der Waals surface area contributed by atoms with Crippen molar-refractivity contribution in [2.45, 2.75) is 13.5 Å². The number of ether oxygens (including phenoxy) is 2. The first-order chi connectivity index (χ1) is 14.6. The number of hydrogen-bond acceptors (Lipinski definition) is 7. The molecule has 2 aromatic carbocycles. The zero-order chi connectivity index (χ0) is 21.1. The number of para-hydroxylation sites is 1. The van der Waals surface area contributed by atoms with Crippen LogP contribution < -0.4 is 4.80 Å². The van der Waals surface area contributed by atoms with E-state index >= 15 is 0 Å². The van der Waals surface area contributed by atoms with E-state index in [0.717, 1.165) is 20.4 Å². The first-order valence-corrected chi connectivity index (χ1v) is 11.0. The van der Waals surface area contributed by atoms with E-state index in [0.29, 0.717) is 35.1 Å². The third-order valence-corrected chi connectivity index (χ3v) is 6.45. The molecule has 30 heavy (non-hydrogen) atoms. The molecular weight excluding hydrogens is 422 g/mol. The molecule has 0 saturated carbocycles. The maximum absolute atomic E-state index is 12.8. The minimum absolute atomic E-state index is 0.312. The van der Waals surface area contributed by atoms with Crippen LogP contribution in [0.1, 0.15) is 27.1 Å². The van der Waals surface area contributed by atoms with Gasteiger partial charge in [0.2, 0.25) is 0 Å². The van der Waals surface area contributed by atoms with E-state index in [2.05, 4.69) is 9.98 Å². The maximum atomic E-state index is 12.8. The summed E-state index contributed by atoms with van der Waals surface area (Å²) >= 11 is 2.67. The van der Waals surface area contributed by atoms with Crippen molar-refractivity contribution in [2.24, 2.45) is 4.99 Å². The van der Waals surface area contributed by atoms with Crippen LogP contribution in [0, 0.1) is 0 Å². The highest BCUT2D eigenvalue weighted by molar-refractivity contribution is 7.20. The summed E-state index contributed by atoms with van der Waals surface area (Å²) in [7, 11) is 1.62. The van der Waals surface area contributed by atoms with Gasteiger partial charge >= 0.3 is 11.9 Å². The lowest BCUT2D eigenvalue weighted by Gasteiger charge is -2.05. The van der Waals surface area contributed by atoms with E-state index in [4.69, 9.17) is 9.47 Å². The molecule has 4 rings (SSSR count). The van der Waals surface area contributed by atoms with Gasteiger partial charge in [-0.1, -0.05) is 23.5 Å². The number of carbonyl (C=O) groups is 2. The number of fused-ring (bicyclic) bond motifs is 2. The Morgan fingerprint density at radius 3 is 2.73 bits per heavy atom. The Kier molecular flexibility index (Phi) is 6.03. The monoisotopic (exact) mass is 441 g/mol. The zero-order valence-corrected chi connectivity index (χ0v) is 18.1. The molecule has 0 aliphatic rings. The average Bonchev–Trinajstić information content (AvgIpc) is 3.33. The van der Waals surface area contributed by atoms with Crippen molar-refractivity contribution in [1.82, 2.24) is 9.55 Å². The SMILES string of the molecule is CCOC(=O)c1ccc2c(c1)sc(=NC(=O)c1nc3ccccc3s1)n2CCOC. The molecule has 0 atom stereocenters. The highest BCUT2D eigenvalue weighted by atomic mass is 32.1. The van der Waals surface area contributed by atoms with Crippen LogP contribution in [0.3, 0.4) is 0 Å². The fraction of sp³-hybridized carbons (Fsp3) is 0.238. The number of esters is 1. The fourth-order valence-electron chi connectivity index (χ4n) is 3.00. The Labute approximate surface area is 180 Å². The van der Waals surface area contributed by atoms with Gasteiger partial charge in [0.05, 0.1) is 39.2 Å². The van der Waals surface area contributed by atoms with Crippen LogP contribution in [0.5, 0.6) is 0 Å². The molecule has 0 radical (unpaired) electrons. The minimum Gasteiger partial charge on any atom is -0.462 e. The number of aromatic nitrogens is 2. The Bertz CT molecular complexity index is 1270. The number of benzene rings is 2. The topological polar surface area (TPSA) is 82.8 Å². The van der Waals surface area contributed by atoms with Crippen LogP contribution in [0.4, 0.5) is 0 Å². The molecule has 0 aliphatic carbocycles. The largest absolute Gasteiger partial charge is 0.462 e. The summed E-state index contributed by atoms with van der Waals surface area (Å²) in [5.41, 5.74) is 2.12. The molecular formula is C21H19N3O4S2. The van der Waals surface area contributed by atoms with E-state index in [1.807, 2.05) is 34.9 Å². The third-order valence-electron chi connectivity index (χ3n) is 4.39. The predicted molar refractivity (Wildman–Crippen MR) is 117 cm³/mol. The van der Waals surface area contributed by atoms with Gasteiger partial charge in [-0.25, -0.2) is 9.78 Å². The van der Waals surface area contributed by atoms with Crippen molar-refractivity contribution < 1.29 is 19.1 Å². The van der Waals surface area contributed by atoms with Gasteiger partial charge in [0.15, 0.2) is 9.81 Å². The summed E-state index contributed by atoms with van der Waals surface area (Å²) in [5.74, 6) is -0.764. The van der Waals surface area contributed by atoms with E-state index < -0.39 is 0 Å². The first kappa shape index (κ1) is 20.4. The Morgan fingerprint density at radius 2 is 1.97 bits per heavy atom. The van der Waals surface area contributed by atoms with E-state index in [-0.39, 0.29) is 11.9 Å². The van der Waals surface area contributed by atoms with Crippen molar-refractivity contribution in [3.05, 3.63) is 57.8 Å². The smallest absolute Gasteiger partial charge is 0.338 e. The van der Waals surface area contributed by atoms with Gasteiger partial charge in [-0.15, -0.1) is 11.3 Å². The van der Waals surface area contributed by atoms with Crippen LogP contribution in [0.2, 0.25) is 0 Å². The molecule has 2 aromatic heterocycles. The summed E-state index contributed by atoms with van der Waals surface area (Å²) in [6.07, 6.45) is 0. The second kappa shape index (κ2) is 8.86. The number of rotatable bonds is 6. The number of methoxy groups -OCH3 is 1. The first-order valence-electron chi connectivity index (χ1n) is 9.34. The van der Waals surface area contributed by atoms with Gasteiger partial charge in [0.25, 0.3) is 0 Å². The van der Waals surface area contributed by atoms with Crippen LogP contribution in [-0.2, 0) is 16.0 Å². The van der Waals surface area contributed by atoms with Gasteiger partial charge < -0.3 is 14.0 Å². The summed E-state index contributed by atoms with van der Waals surface area (Å²) in [6.45, 7) is 3.08. The Balaban J connectivity index is 1.78. The summed E-state index contributed by atoms with van der Waals surface area (Å²) in [4.78, 5) is 34.2. The summed E-state index contributed by atoms with van der Waals surface area (Å²) in [5, 5.41) is 0.346. The van der Waals surface area contributed by atoms with Crippen molar-refractivity contribution in [2.75, 3.05) is 20.3 Å². The molecule has 0 spiro atoms. The summed E-state index contributed by atoms with van der Waals surface area (Å²) < 4.78 is 14.0. The molecule has 7 nitrogen and oxygen atoms in total. The van der Waals surface area contributed by atoms with Crippen molar-refractivity contribution in [3.63, 3.8) is 0 Å². The second-order valence-corrected chi connectivity index (χ2v) is 8.38. The van der Waals surface area contributed by atoms with Crippen molar-refractivity contribution in [1.29, 1.82) is 0 Å². The molecule has 0 bridgehead atoms. The van der Waals surface area contributed by atoms with E-state index in [1.165, 1.54) is 22.7 Å². The number of hydrogen-bond donors (Lipinski definition) is 0. The Hall–Kier alpha value is -2.88.